The third-order valence-electron chi connectivity index (χ3n) is 3.59. The minimum atomic E-state index is 0.162. The van der Waals surface area contributed by atoms with Gasteiger partial charge < -0.3 is 10.5 Å². The molecule has 3 aromatic rings. The van der Waals surface area contributed by atoms with Crippen LogP contribution in [0.15, 0.2) is 42.9 Å². The van der Waals surface area contributed by atoms with Crippen LogP contribution < -0.4 is 10.5 Å². The Morgan fingerprint density at radius 3 is 2.62 bits per heavy atom. The van der Waals surface area contributed by atoms with Gasteiger partial charge in [-0.2, -0.15) is 5.26 Å². The quantitative estimate of drug-likeness (QED) is 0.797. The third kappa shape index (κ3) is 2.88. The summed E-state index contributed by atoms with van der Waals surface area (Å²) in [6.07, 6.45) is 5.02. The fourth-order valence-electron chi connectivity index (χ4n) is 2.34. The van der Waals surface area contributed by atoms with Gasteiger partial charge >= 0.3 is 0 Å². The van der Waals surface area contributed by atoms with Gasteiger partial charge in [0.25, 0.3) is 0 Å². The zero-order valence-corrected chi connectivity index (χ0v) is 13.3. The van der Waals surface area contributed by atoms with Crippen LogP contribution in [0.1, 0.15) is 11.1 Å². The molecule has 0 spiro atoms. The molecule has 0 amide bonds. The second kappa shape index (κ2) is 6.34. The molecule has 0 bridgehead atoms. The van der Waals surface area contributed by atoms with Gasteiger partial charge in [0.15, 0.2) is 0 Å². The molecule has 118 valence electrons. The highest BCUT2D eigenvalue weighted by Crippen LogP contribution is 2.31. The molecular weight excluding hydrogens is 302 g/mol. The summed E-state index contributed by atoms with van der Waals surface area (Å²) >= 11 is 0. The van der Waals surface area contributed by atoms with E-state index in [0.29, 0.717) is 28.3 Å². The molecule has 3 heterocycles. The number of nitrogens with zero attached hydrogens (tertiary/aromatic N) is 4. The Kier molecular flexibility index (Phi) is 4.08. The molecule has 3 rings (SSSR count). The van der Waals surface area contributed by atoms with Crippen molar-refractivity contribution in [2.75, 3.05) is 12.8 Å². The Morgan fingerprint density at radius 1 is 1.12 bits per heavy atom. The number of aromatic nitrogens is 3. The normalized spacial score (nSPS) is 10.2. The summed E-state index contributed by atoms with van der Waals surface area (Å²) in [5, 5.41) is 9.45. The zero-order valence-electron chi connectivity index (χ0n) is 13.3. The lowest BCUT2D eigenvalue weighted by Gasteiger charge is -2.10. The number of hydrogen-bond acceptors (Lipinski definition) is 6. The van der Waals surface area contributed by atoms with E-state index in [1.807, 2.05) is 19.1 Å². The highest BCUT2D eigenvalue weighted by molar-refractivity contribution is 5.79. The van der Waals surface area contributed by atoms with Crippen LogP contribution in [0.25, 0.3) is 22.5 Å². The van der Waals surface area contributed by atoms with Crippen LogP contribution in [0, 0.1) is 18.3 Å². The second-order valence-electron chi connectivity index (χ2n) is 5.26. The van der Waals surface area contributed by atoms with Crippen LogP contribution in [0.3, 0.4) is 0 Å². The van der Waals surface area contributed by atoms with E-state index >= 15 is 0 Å². The van der Waals surface area contributed by atoms with Crippen molar-refractivity contribution in [3.63, 3.8) is 0 Å². The van der Waals surface area contributed by atoms with E-state index in [9.17, 15) is 5.26 Å². The fraction of sp³-hybridized carbons (Fsp3) is 0.111. The molecule has 2 N–H and O–H groups in total. The lowest BCUT2D eigenvalue weighted by atomic mass is 10.0. The van der Waals surface area contributed by atoms with Crippen molar-refractivity contribution in [3.05, 3.63) is 54.0 Å². The molecule has 0 saturated heterocycles. The smallest absolute Gasteiger partial charge is 0.142 e. The van der Waals surface area contributed by atoms with Crippen molar-refractivity contribution in [3.8, 4) is 34.3 Å². The summed E-state index contributed by atoms with van der Waals surface area (Å²) in [4.78, 5) is 12.8. The molecule has 0 aliphatic carbocycles. The highest BCUT2D eigenvalue weighted by atomic mass is 16.5. The lowest BCUT2D eigenvalue weighted by Crippen LogP contribution is -2.01. The molecule has 0 saturated carbocycles. The zero-order chi connectivity index (χ0) is 17.1. The molecule has 0 radical (unpaired) electrons. The van der Waals surface area contributed by atoms with E-state index in [-0.39, 0.29) is 5.82 Å². The summed E-state index contributed by atoms with van der Waals surface area (Å²) in [5.41, 5.74) is 10.0. The van der Waals surface area contributed by atoms with Crippen molar-refractivity contribution in [1.82, 2.24) is 15.0 Å². The van der Waals surface area contributed by atoms with Gasteiger partial charge in [-0.15, -0.1) is 0 Å². The number of rotatable bonds is 3. The molecule has 0 atom stereocenters. The van der Waals surface area contributed by atoms with Crippen LogP contribution in [-0.4, -0.2) is 22.1 Å². The number of ether oxygens (including phenoxy) is 1. The number of pyridine rings is 3. The number of anilines is 1. The predicted octanol–water partition coefficient (Wildman–Crippen LogP) is 2.98. The monoisotopic (exact) mass is 317 g/mol. The average Bonchev–Trinajstić information content (AvgIpc) is 2.61. The van der Waals surface area contributed by atoms with Crippen LogP contribution in [-0.2, 0) is 0 Å². The number of nitriles is 1. The summed E-state index contributed by atoms with van der Waals surface area (Å²) in [5.74, 6) is 0.761. The molecule has 24 heavy (non-hydrogen) atoms. The van der Waals surface area contributed by atoms with E-state index in [1.54, 1.807) is 37.8 Å². The molecule has 0 aromatic carbocycles. The topological polar surface area (TPSA) is 97.7 Å². The number of aryl methyl sites for hydroxylation is 1. The first-order valence-electron chi connectivity index (χ1n) is 7.25. The Balaban J connectivity index is 2.20. The minimum absolute atomic E-state index is 0.162. The van der Waals surface area contributed by atoms with E-state index < -0.39 is 0 Å². The van der Waals surface area contributed by atoms with Crippen LogP contribution >= 0.6 is 0 Å². The first-order valence-corrected chi connectivity index (χ1v) is 7.25. The maximum atomic E-state index is 9.45. The Bertz CT molecular complexity index is 929. The summed E-state index contributed by atoms with van der Waals surface area (Å²) < 4.78 is 5.20. The van der Waals surface area contributed by atoms with Crippen molar-refractivity contribution in [2.24, 2.45) is 0 Å². The minimum Gasteiger partial charge on any atom is -0.495 e. The number of nitrogen functional groups attached to an aromatic ring is 1. The van der Waals surface area contributed by atoms with Crippen LogP contribution in [0.4, 0.5) is 5.82 Å². The SMILES string of the molecule is COc1cncc(-c2cc(-c3ccc(C)cn3)nc(N)c2C#N)c1. The Labute approximate surface area is 139 Å². The van der Waals surface area contributed by atoms with Gasteiger partial charge in [0.2, 0.25) is 0 Å². The molecule has 0 aliphatic rings. The van der Waals surface area contributed by atoms with Crippen molar-refractivity contribution in [2.45, 2.75) is 6.92 Å². The molecule has 6 heteroatoms. The molecule has 6 nitrogen and oxygen atoms in total. The fourth-order valence-corrected chi connectivity index (χ4v) is 2.34. The van der Waals surface area contributed by atoms with Gasteiger partial charge in [-0.25, -0.2) is 4.98 Å². The molecule has 0 aliphatic heterocycles. The second-order valence-corrected chi connectivity index (χ2v) is 5.26. The summed E-state index contributed by atoms with van der Waals surface area (Å²) in [6, 6.07) is 9.53. The molecule has 0 fully saturated rings. The van der Waals surface area contributed by atoms with E-state index in [1.165, 1.54) is 0 Å². The third-order valence-corrected chi connectivity index (χ3v) is 3.59. The van der Waals surface area contributed by atoms with Crippen molar-refractivity contribution in [1.29, 1.82) is 5.26 Å². The van der Waals surface area contributed by atoms with Gasteiger partial charge in [-0.3, -0.25) is 9.97 Å². The van der Waals surface area contributed by atoms with Gasteiger partial charge in [0.05, 0.1) is 24.7 Å². The van der Waals surface area contributed by atoms with E-state index in [2.05, 4.69) is 21.0 Å². The van der Waals surface area contributed by atoms with Crippen LogP contribution in [0.5, 0.6) is 5.75 Å². The van der Waals surface area contributed by atoms with Crippen molar-refractivity contribution >= 4 is 5.82 Å². The summed E-state index contributed by atoms with van der Waals surface area (Å²) in [7, 11) is 1.56. The first kappa shape index (κ1) is 15.4. The van der Waals surface area contributed by atoms with Gasteiger partial charge in [-0.05, 0) is 30.7 Å². The number of hydrogen-bond donors (Lipinski definition) is 1. The van der Waals surface area contributed by atoms with Crippen molar-refractivity contribution < 1.29 is 4.74 Å². The van der Waals surface area contributed by atoms with E-state index in [0.717, 1.165) is 11.1 Å². The first-order chi connectivity index (χ1) is 11.6. The molecular formula is C18H15N5O. The highest BCUT2D eigenvalue weighted by Gasteiger charge is 2.14. The Hall–Kier alpha value is -3.46. The largest absolute Gasteiger partial charge is 0.495 e. The Morgan fingerprint density at radius 2 is 1.96 bits per heavy atom. The number of nitrogens with two attached hydrogens (primary N) is 1. The predicted molar refractivity (Wildman–Crippen MR) is 91.1 cm³/mol. The maximum absolute atomic E-state index is 9.45. The molecule has 3 aromatic heterocycles. The maximum Gasteiger partial charge on any atom is 0.142 e. The molecule has 0 unspecified atom stereocenters. The van der Waals surface area contributed by atoms with E-state index in [4.69, 9.17) is 10.5 Å². The van der Waals surface area contributed by atoms with Gasteiger partial charge in [0, 0.05) is 23.5 Å². The average molecular weight is 317 g/mol. The lowest BCUT2D eigenvalue weighted by molar-refractivity contribution is 0.413. The summed E-state index contributed by atoms with van der Waals surface area (Å²) in [6.45, 7) is 1.96. The van der Waals surface area contributed by atoms with Gasteiger partial charge in [-0.1, -0.05) is 6.07 Å². The standard InChI is InChI=1S/C18H15N5O/c1-11-3-4-16(22-8-11)17-6-14(15(7-19)18(20)23-17)12-5-13(24-2)10-21-9-12/h3-6,8-10H,1-2H3,(H2,20,23). The van der Waals surface area contributed by atoms with Gasteiger partial charge in [0.1, 0.15) is 23.2 Å². The number of methoxy groups -OCH3 is 1. The van der Waals surface area contributed by atoms with Crippen LogP contribution in [0.2, 0.25) is 0 Å².